The van der Waals surface area contributed by atoms with Crippen LogP contribution in [-0.2, 0) is 5.41 Å². The lowest BCUT2D eigenvalue weighted by molar-refractivity contribution is 0.668. The Labute approximate surface area is 340 Å². The molecule has 4 nitrogen and oxygen atoms in total. The van der Waals surface area contributed by atoms with Crippen molar-refractivity contribution in [2.75, 3.05) is 9.80 Å². The zero-order valence-electron chi connectivity index (χ0n) is 32.1. The monoisotopic (exact) mass is 756 g/mol. The van der Waals surface area contributed by atoms with Crippen molar-refractivity contribution in [3.63, 3.8) is 0 Å². The van der Waals surface area contributed by atoms with Crippen molar-refractivity contribution in [2.24, 2.45) is 0 Å². The van der Waals surface area contributed by atoms with E-state index < -0.39 is 0 Å². The molecular formula is C55H36N2O2. The van der Waals surface area contributed by atoms with Crippen LogP contribution in [0.2, 0.25) is 0 Å². The van der Waals surface area contributed by atoms with Gasteiger partial charge in [-0.25, -0.2) is 0 Å². The van der Waals surface area contributed by atoms with Gasteiger partial charge in [0.15, 0.2) is 11.2 Å². The fraction of sp³-hybridized carbons (Fsp3) is 0.0545. The second kappa shape index (κ2) is 12.2. The SMILES string of the molecule is c1ccc(N(c2ccc3c(c2)C2(CC2)c2cccc4c(N(c5ccccc5)c5cccc6c5oc5ccccc56)ccc-3c24)c2cccc3c2oc2ccccc23)cc1. The minimum atomic E-state index is -0.0689. The lowest BCUT2D eigenvalue weighted by Gasteiger charge is -2.33. The van der Waals surface area contributed by atoms with Crippen LogP contribution < -0.4 is 9.80 Å². The lowest BCUT2D eigenvalue weighted by atomic mass is 9.74. The van der Waals surface area contributed by atoms with Gasteiger partial charge in [-0.2, -0.15) is 0 Å². The van der Waals surface area contributed by atoms with Crippen LogP contribution in [0.15, 0.2) is 203 Å². The van der Waals surface area contributed by atoms with E-state index >= 15 is 0 Å². The van der Waals surface area contributed by atoms with E-state index in [1.807, 2.05) is 12.1 Å². The van der Waals surface area contributed by atoms with Crippen LogP contribution in [0.5, 0.6) is 0 Å². The molecule has 278 valence electrons. The molecule has 13 rings (SSSR count). The summed E-state index contributed by atoms with van der Waals surface area (Å²) < 4.78 is 13.3. The minimum Gasteiger partial charge on any atom is -0.454 e. The molecule has 0 bridgehead atoms. The first kappa shape index (κ1) is 32.5. The molecule has 59 heavy (non-hydrogen) atoms. The number of furan rings is 2. The molecule has 1 fully saturated rings. The van der Waals surface area contributed by atoms with Crippen LogP contribution in [0.3, 0.4) is 0 Å². The maximum atomic E-state index is 6.67. The molecule has 11 aromatic rings. The van der Waals surface area contributed by atoms with Crippen molar-refractivity contribution in [1.29, 1.82) is 0 Å². The van der Waals surface area contributed by atoms with Gasteiger partial charge in [-0.15, -0.1) is 0 Å². The Kier molecular flexibility index (Phi) is 6.74. The predicted octanol–water partition coefficient (Wildman–Crippen LogP) is 15.6. The number of fused-ring (bicyclic) bond motifs is 10. The molecular weight excluding hydrogens is 721 g/mol. The number of hydrogen-bond acceptors (Lipinski definition) is 4. The third-order valence-corrected chi connectivity index (χ3v) is 12.9. The van der Waals surface area contributed by atoms with Crippen molar-refractivity contribution in [1.82, 2.24) is 0 Å². The maximum Gasteiger partial charge on any atom is 0.159 e. The van der Waals surface area contributed by atoms with Gasteiger partial charge in [0, 0.05) is 49.4 Å². The first-order chi connectivity index (χ1) is 29.2. The summed E-state index contributed by atoms with van der Waals surface area (Å²) >= 11 is 0. The molecule has 4 heteroatoms. The molecule has 2 aromatic heterocycles. The number of hydrogen-bond donors (Lipinski definition) is 0. The van der Waals surface area contributed by atoms with Crippen molar-refractivity contribution in [3.05, 3.63) is 205 Å². The second-order valence-electron chi connectivity index (χ2n) is 16.0. The molecule has 0 saturated heterocycles. The number of benzene rings is 9. The van der Waals surface area contributed by atoms with E-state index in [2.05, 4.69) is 192 Å². The first-order valence-electron chi connectivity index (χ1n) is 20.5. The van der Waals surface area contributed by atoms with Crippen LogP contribution in [0.25, 0.3) is 65.8 Å². The smallest absolute Gasteiger partial charge is 0.159 e. The summed E-state index contributed by atoms with van der Waals surface area (Å²) in [5.74, 6) is 0. The molecule has 0 atom stereocenters. The molecule has 2 aliphatic rings. The molecule has 0 unspecified atom stereocenters. The molecule has 1 spiro atoms. The molecule has 9 aromatic carbocycles. The van der Waals surface area contributed by atoms with E-state index in [1.165, 1.54) is 33.0 Å². The summed E-state index contributed by atoms with van der Waals surface area (Å²) in [6, 6.07) is 69.9. The van der Waals surface area contributed by atoms with E-state index in [0.717, 1.165) is 90.8 Å². The second-order valence-corrected chi connectivity index (χ2v) is 16.0. The van der Waals surface area contributed by atoms with Crippen molar-refractivity contribution >= 4 is 88.8 Å². The largest absolute Gasteiger partial charge is 0.454 e. The van der Waals surface area contributed by atoms with E-state index in [0.29, 0.717) is 0 Å². The zero-order valence-corrected chi connectivity index (χ0v) is 32.1. The van der Waals surface area contributed by atoms with Gasteiger partial charge in [0.1, 0.15) is 11.2 Å². The third-order valence-electron chi connectivity index (χ3n) is 12.9. The number of para-hydroxylation sites is 6. The van der Waals surface area contributed by atoms with E-state index in [-0.39, 0.29) is 5.41 Å². The Morgan fingerprint density at radius 3 is 1.53 bits per heavy atom. The number of anilines is 6. The lowest BCUT2D eigenvalue weighted by Crippen LogP contribution is -2.18. The Balaban J connectivity index is 1.02. The van der Waals surface area contributed by atoms with E-state index in [1.54, 1.807) is 0 Å². The quantitative estimate of drug-likeness (QED) is 0.169. The average molecular weight is 757 g/mol. The van der Waals surface area contributed by atoms with Gasteiger partial charge in [-0.1, -0.05) is 127 Å². The minimum absolute atomic E-state index is 0.0689. The average Bonchev–Trinajstić information content (AvgIpc) is 3.86. The van der Waals surface area contributed by atoms with Gasteiger partial charge < -0.3 is 18.6 Å². The molecule has 0 amide bonds. The molecule has 0 N–H and O–H groups in total. The Morgan fingerprint density at radius 1 is 0.356 bits per heavy atom. The number of rotatable bonds is 6. The number of nitrogens with zero attached hydrogens (tertiary/aromatic N) is 2. The van der Waals surface area contributed by atoms with Crippen LogP contribution in [0.1, 0.15) is 24.0 Å². The summed E-state index contributed by atoms with van der Waals surface area (Å²) in [6.45, 7) is 0. The predicted molar refractivity (Wildman–Crippen MR) is 243 cm³/mol. The summed E-state index contributed by atoms with van der Waals surface area (Å²) in [5, 5.41) is 7.07. The highest BCUT2D eigenvalue weighted by molar-refractivity contribution is 6.15. The van der Waals surface area contributed by atoms with Crippen molar-refractivity contribution in [3.8, 4) is 11.1 Å². The molecule has 2 aliphatic carbocycles. The Bertz CT molecular complexity index is 3470. The molecule has 0 radical (unpaired) electrons. The van der Waals surface area contributed by atoms with Gasteiger partial charge in [0.05, 0.1) is 17.1 Å². The van der Waals surface area contributed by atoms with Gasteiger partial charge in [0.2, 0.25) is 0 Å². The normalized spacial score (nSPS) is 13.8. The van der Waals surface area contributed by atoms with Gasteiger partial charge in [-0.3, -0.25) is 0 Å². The maximum absolute atomic E-state index is 6.67. The molecule has 0 aliphatic heterocycles. The fourth-order valence-corrected chi connectivity index (χ4v) is 10.1. The summed E-state index contributed by atoms with van der Waals surface area (Å²) in [6.07, 6.45) is 2.22. The fourth-order valence-electron chi connectivity index (χ4n) is 10.1. The van der Waals surface area contributed by atoms with Crippen LogP contribution in [0, 0.1) is 0 Å². The third kappa shape index (κ3) is 4.66. The highest BCUT2D eigenvalue weighted by Crippen LogP contribution is 2.63. The van der Waals surface area contributed by atoms with Crippen LogP contribution >= 0.6 is 0 Å². The molecule has 2 heterocycles. The highest BCUT2D eigenvalue weighted by atomic mass is 16.3. The van der Waals surface area contributed by atoms with Gasteiger partial charge in [-0.05, 0) is 107 Å². The Morgan fingerprint density at radius 2 is 0.881 bits per heavy atom. The Hall–Kier alpha value is -7.56. The summed E-state index contributed by atoms with van der Waals surface area (Å²) in [4.78, 5) is 4.76. The first-order valence-corrected chi connectivity index (χ1v) is 20.5. The van der Waals surface area contributed by atoms with Gasteiger partial charge in [0.25, 0.3) is 0 Å². The van der Waals surface area contributed by atoms with Crippen molar-refractivity contribution < 1.29 is 8.83 Å². The standard InChI is InChI=1S/C55H36N2O2/c1-3-14-35(15-4-1)56(48-24-12-20-42-39-18-7-9-26-50(39)58-53(42)48)37-28-29-38-41-30-31-47(44-22-11-23-45(52(41)44)55(32-33-55)46(38)34-37)57(36-16-5-2-6-17-36)49-25-13-21-43-40-19-8-10-27-51(40)59-54(43)49/h1-31,34H,32-33H2. The van der Waals surface area contributed by atoms with E-state index in [4.69, 9.17) is 8.83 Å². The highest BCUT2D eigenvalue weighted by Gasteiger charge is 2.51. The summed E-state index contributed by atoms with van der Waals surface area (Å²) in [5.41, 5.74) is 15.4. The van der Waals surface area contributed by atoms with Crippen molar-refractivity contribution in [2.45, 2.75) is 18.3 Å². The van der Waals surface area contributed by atoms with Crippen LogP contribution in [-0.4, -0.2) is 0 Å². The molecule has 1 saturated carbocycles. The van der Waals surface area contributed by atoms with Gasteiger partial charge >= 0.3 is 0 Å². The topological polar surface area (TPSA) is 32.8 Å². The summed E-state index contributed by atoms with van der Waals surface area (Å²) in [7, 11) is 0. The van der Waals surface area contributed by atoms with Crippen LogP contribution in [0.4, 0.5) is 34.1 Å². The van der Waals surface area contributed by atoms with E-state index in [9.17, 15) is 0 Å². The zero-order chi connectivity index (χ0) is 38.7.